The molecule has 0 amide bonds. The van der Waals surface area contributed by atoms with Crippen molar-refractivity contribution in [2.24, 2.45) is 4.99 Å². The van der Waals surface area contributed by atoms with Crippen LogP contribution >= 0.6 is 0 Å². The minimum absolute atomic E-state index is 0. The number of aryl methyl sites for hydroxylation is 3. The van der Waals surface area contributed by atoms with E-state index in [1.54, 1.807) is 0 Å². The molecule has 1 atom stereocenters. The van der Waals surface area contributed by atoms with Crippen molar-refractivity contribution in [1.29, 1.82) is 0 Å². The van der Waals surface area contributed by atoms with Gasteiger partial charge in [-0.25, -0.2) is 4.98 Å². The molecule has 5 nitrogen and oxygen atoms in total. The second-order valence-corrected chi connectivity index (χ2v) is 11.2. The Hall–Kier alpha value is -3.43. The fourth-order valence-electron chi connectivity index (χ4n) is 5.93. The first-order valence-corrected chi connectivity index (χ1v) is 13.1. The van der Waals surface area contributed by atoms with E-state index >= 15 is 0 Å². The van der Waals surface area contributed by atoms with Crippen molar-refractivity contribution in [3.8, 4) is 17.3 Å². The third-order valence-electron chi connectivity index (χ3n) is 7.77. The van der Waals surface area contributed by atoms with Gasteiger partial charge in [-0.05, 0) is 30.9 Å². The van der Waals surface area contributed by atoms with Gasteiger partial charge in [-0.15, -0.1) is 28.6 Å². The van der Waals surface area contributed by atoms with Gasteiger partial charge in [0, 0.05) is 34.2 Å². The molecule has 2 aliphatic heterocycles. The van der Waals surface area contributed by atoms with Gasteiger partial charge in [-0.3, -0.25) is 4.99 Å². The molecule has 0 bridgehead atoms. The van der Waals surface area contributed by atoms with Gasteiger partial charge in [0.05, 0.1) is 12.6 Å². The summed E-state index contributed by atoms with van der Waals surface area (Å²) in [4.78, 5) is 9.46. The van der Waals surface area contributed by atoms with E-state index in [0.29, 0.717) is 24.0 Å². The summed E-state index contributed by atoms with van der Waals surface area (Å²) >= 11 is 0. The van der Waals surface area contributed by atoms with E-state index in [0.717, 1.165) is 33.4 Å². The van der Waals surface area contributed by atoms with E-state index in [1.807, 2.05) is 38.2 Å². The third-order valence-corrected chi connectivity index (χ3v) is 7.77. The molecule has 4 heterocycles. The number of benzene rings is 3. The van der Waals surface area contributed by atoms with Gasteiger partial charge in [0.1, 0.15) is 11.7 Å². The van der Waals surface area contributed by atoms with Crippen LogP contribution in [0.4, 0.5) is 0 Å². The Morgan fingerprint density at radius 2 is 1.79 bits per heavy atom. The Kier molecular flexibility index (Phi) is 6.00. The van der Waals surface area contributed by atoms with Crippen molar-refractivity contribution >= 4 is 27.7 Å². The monoisotopic (exact) mass is 694 g/mol. The number of aliphatic imine (C=N–C) groups is 1. The van der Waals surface area contributed by atoms with Crippen LogP contribution in [0.5, 0.6) is 11.5 Å². The SMILES string of the molecule is Cc1cc(Oc2[c-]c3c(cc2C)c2cc(C)cc4c2n3-c2ncccc2C4(C)C)[c-]c(C2=N[C@H](C)CO2)c1.[Pt+2]. The van der Waals surface area contributed by atoms with Crippen LogP contribution in [0.25, 0.3) is 27.6 Å². The van der Waals surface area contributed by atoms with Gasteiger partial charge >= 0.3 is 21.1 Å². The minimum Gasteiger partial charge on any atom is -0.518 e. The second kappa shape index (κ2) is 9.06. The number of fused-ring (bicyclic) bond motifs is 5. The Bertz CT molecular complexity index is 1830. The summed E-state index contributed by atoms with van der Waals surface area (Å²) in [6, 6.07) is 22.2. The largest absolute Gasteiger partial charge is 2.00 e. The van der Waals surface area contributed by atoms with Gasteiger partial charge in [0.25, 0.3) is 0 Å². The molecule has 0 aliphatic carbocycles. The van der Waals surface area contributed by atoms with Gasteiger partial charge in [-0.2, -0.15) is 6.07 Å². The van der Waals surface area contributed by atoms with Gasteiger partial charge in [0.2, 0.25) is 0 Å². The first kappa shape index (κ1) is 25.8. The van der Waals surface area contributed by atoms with Crippen LogP contribution in [0.1, 0.15) is 54.2 Å². The first-order valence-electron chi connectivity index (χ1n) is 13.1. The molecule has 198 valence electrons. The van der Waals surface area contributed by atoms with E-state index in [4.69, 9.17) is 14.5 Å². The predicted octanol–water partition coefficient (Wildman–Crippen LogP) is 7.30. The van der Waals surface area contributed by atoms with E-state index in [2.05, 4.69) is 73.7 Å². The smallest absolute Gasteiger partial charge is 0.518 e. The third kappa shape index (κ3) is 3.93. The van der Waals surface area contributed by atoms with Crippen LogP contribution in [0, 0.1) is 32.9 Å². The van der Waals surface area contributed by atoms with E-state index < -0.39 is 0 Å². The molecular formula is C33H29N3O2Pt. The van der Waals surface area contributed by atoms with E-state index in [-0.39, 0.29) is 32.5 Å². The van der Waals surface area contributed by atoms with Crippen LogP contribution in [0.15, 0.2) is 53.7 Å². The molecule has 5 aromatic rings. The number of hydrogen-bond donors (Lipinski definition) is 0. The normalized spacial score (nSPS) is 17.0. The number of hydrogen-bond acceptors (Lipinski definition) is 4. The zero-order chi connectivity index (χ0) is 26.3. The number of nitrogens with zero attached hydrogens (tertiary/aromatic N) is 3. The first-order chi connectivity index (χ1) is 18.2. The zero-order valence-electron chi connectivity index (χ0n) is 22.9. The molecule has 0 N–H and O–H groups in total. The molecule has 7 rings (SSSR count). The van der Waals surface area contributed by atoms with E-state index in [9.17, 15) is 0 Å². The standard InChI is InChI=1S/C33H29N3O2.Pt/c1-18-10-22(32-35-21(4)17-37-32)15-23(11-18)38-29-16-28-24(14-20(29)3)25-12-19(2)13-27-30(25)36(28)31-26(33(27,5)6)8-7-9-34-31;/h7-14,21H,17H2,1-6H3;/q-2;+2/t21-;/m1./s1. The Balaban J connectivity index is 0.00000277. The zero-order valence-corrected chi connectivity index (χ0v) is 25.1. The molecule has 0 unspecified atom stereocenters. The number of aromatic nitrogens is 2. The molecule has 3 aromatic carbocycles. The van der Waals surface area contributed by atoms with Crippen LogP contribution in [0.2, 0.25) is 0 Å². The maximum absolute atomic E-state index is 6.47. The molecule has 2 aromatic heterocycles. The van der Waals surface area contributed by atoms with Crippen LogP contribution in [-0.4, -0.2) is 28.1 Å². The van der Waals surface area contributed by atoms with Crippen molar-refractivity contribution in [2.75, 3.05) is 6.61 Å². The number of pyridine rings is 1. The van der Waals surface area contributed by atoms with Crippen molar-refractivity contribution < 1.29 is 30.5 Å². The average molecular weight is 695 g/mol. The summed E-state index contributed by atoms with van der Waals surface area (Å²) in [6.45, 7) is 13.5. The maximum atomic E-state index is 6.47. The van der Waals surface area contributed by atoms with Crippen molar-refractivity contribution in [3.05, 3.63) is 94.2 Å². The van der Waals surface area contributed by atoms with Crippen LogP contribution in [0.3, 0.4) is 0 Å². The summed E-state index contributed by atoms with van der Waals surface area (Å²) in [5.41, 5.74) is 8.64. The molecular weight excluding hydrogens is 665 g/mol. The number of ether oxygens (including phenoxy) is 2. The summed E-state index contributed by atoms with van der Waals surface area (Å²) in [5, 5.41) is 2.38. The summed E-state index contributed by atoms with van der Waals surface area (Å²) in [6.07, 6.45) is 1.87. The average Bonchev–Trinajstić information content (AvgIpc) is 3.44. The molecule has 0 saturated carbocycles. The second-order valence-electron chi connectivity index (χ2n) is 11.2. The Morgan fingerprint density at radius 1 is 1.00 bits per heavy atom. The summed E-state index contributed by atoms with van der Waals surface area (Å²) in [5.74, 6) is 2.87. The maximum Gasteiger partial charge on any atom is 2.00 e. The van der Waals surface area contributed by atoms with Crippen molar-refractivity contribution in [2.45, 2.75) is 53.0 Å². The molecule has 0 spiro atoms. The molecule has 2 aliphatic rings. The van der Waals surface area contributed by atoms with Crippen molar-refractivity contribution in [3.63, 3.8) is 0 Å². The molecule has 0 fully saturated rings. The number of rotatable bonds is 3. The Labute approximate surface area is 243 Å². The molecule has 0 saturated heterocycles. The summed E-state index contributed by atoms with van der Waals surface area (Å²) < 4.78 is 14.5. The Morgan fingerprint density at radius 3 is 2.56 bits per heavy atom. The quantitative estimate of drug-likeness (QED) is 0.187. The fraction of sp³-hybridized carbons (Fsp3) is 0.273. The van der Waals surface area contributed by atoms with Crippen LogP contribution in [-0.2, 0) is 31.2 Å². The van der Waals surface area contributed by atoms with Gasteiger partial charge in [-0.1, -0.05) is 74.7 Å². The topological polar surface area (TPSA) is 48.6 Å². The molecule has 6 heteroatoms. The van der Waals surface area contributed by atoms with E-state index in [1.165, 1.54) is 27.6 Å². The fourth-order valence-corrected chi connectivity index (χ4v) is 5.93. The van der Waals surface area contributed by atoms with Crippen LogP contribution < -0.4 is 4.74 Å². The van der Waals surface area contributed by atoms with Gasteiger partial charge < -0.3 is 14.0 Å². The predicted molar refractivity (Wildman–Crippen MR) is 151 cm³/mol. The minimum atomic E-state index is -0.165. The van der Waals surface area contributed by atoms with Gasteiger partial charge in [0.15, 0.2) is 0 Å². The molecule has 0 radical (unpaired) electrons. The summed E-state index contributed by atoms with van der Waals surface area (Å²) in [7, 11) is 0. The van der Waals surface area contributed by atoms with Crippen molar-refractivity contribution in [1.82, 2.24) is 9.55 Å². The molecule has 39 heavy (non-hydrogen) atoms.